The van der Waals surface area contributed by atoms with Crippen LogP contribution < -0.4 is 10.2 Å². The molecule has 0 radical (unpaired) electrons. The molecule has 0 bridgehead atoms. The maximum Gasteiger partial charge on any atom is 0.194 e. The van der Waals surface area contributed by atoms with Crippen molar-refractivity contribution >= 4 is 11.6 Å². The van der Waals surface area contributed by atoms with E-state index < -0.39 is 0 Å². The molecule has 1 aliphatic rings. The summed E-state index contributed by atoms with van der Waals surface area (Å²) in [6.07, 6.45) is 0. The molecule has 1 aromatic carbocycles. The third-order valence-electron chi connectivity index (χ3n) is 4.57. The first-order chi connectivity index (χ1) is 12.1. The normalized spacial score (nSPS) is 15.6. The van der Waals surface area contributed by atoms with Crippen LogP contribution in [-0.2, 0) is 13.6 Å². The summed E-state index contributed by atoms with van der Waals surface area (Å²) in [7, 11) is 3.72. The van der Waals surface area contributed by atoms with Crippen LogP contribution >= 0.6 is 0 Å². The van der Waals surface area contributed by atoms with E-state index in [2.05, 4.69) is 30.3 Å². The number of aryl methyl sites for hydroxylation is 1. The Labute approximate surface area is 147 Å². The highest BCUT2D eigenvalue weighted by Crippen LogP contribution is 2.20. The van der Waals surface area contributed by atoms with Crippen molar-refractivity contribution in [1.29, 1.82) is 0 Å². The second kappa shape index (κ2) is 7.50. The summed E-state index contributed by atoms with van der Waals surface area (Å²) in [6, 6.07) is 6.92. The van der Waals surface area contributed by atoms with Crippen molar-refractivity contribution in [3.63, 3.8) is 0 Å². The van der Waals surface area contributed by atoms with Crippen LogP contribution in [0.4, 0.5) is 10.1 Å². The third-order valence-corrected chi connectivity index (χ3v) is 4.57. The van der Waals surface area contributed by atoms with Crippen LogP contribution in [0.5, 0.6) is 0 Å². The van der Waals surface area contributed by atoms with E-state index in [0.29, 0.717) is 12.2 Å². The van der Waals surface area contributed by atoms with Crippen LogP contribution in [0.2, 0.25) is 0 Å². The van der Waals surface area contributed by atoms with Gasteiger partial charge >= 0.3 is 0 Å². The number of hydrogen-bond acceptors (Lipinski definition) is 4. The average molecular weight is 345 g/mol. The zero-order chi connectivity index (χ0) is 17.8. The fraction of sp³-hybridized carbons (Fsp3) is 0.471. The van der Waals surface area contributed by atoms with Crippen molar-refractivity contribution in [2.24, 2.45) is 12.0 Å². The molecule has 1 N–H and O–H groups in total. The first kappa shape index (κ1) is 17.2. The van der Waals surface area contributed by atoms with E-state index >= 15 is 0 Å². The maximum atomic E-state index is 13.9. The molecule has 0 amide bonds. The van der Waals surface area contributed by atoms with Crippen LogP contribution in [-0.4, -0.2) is 58.9 Å². The molecule has 1 aliphatic heterocycles. The van der Waals surface area contributed by atoms with E-state index in [-0.39, 0.29) is 5.82 Å². The molecule has 7 nitrogen and oxygen atoms in total. The Morgan fingerprint density at radius 3 is 2.52 bits per heavy atom. The highest BCUT2D eigenvalue weighted by atomic mass is 19.1. The smallest absolute Gasteiger partial charge is 0.194 e. The fourth-order valence-electron chi connectivity index (χ4n) is 2.96. The van der Waals surface area contributed by atoms with Crippen molar-refractivity contribution in [3.05, 3.63) is 41.7 Å². The van der Waals surface area contributed by atoms with Crippen molar-refractivity contribution < 1.29 is 4.39 Å². The van der Waals surface area contributed by atoms with E-state index in [1.807, 2.05) is 30.7 Å². The predicted molar refractivity (Wildman–Crippen MR) is 96.1 cm³/mol. The molecular formula is C17H24FN7. The minimum atomic E-state index is -0.170. The molecule has 2 heterocycles. The predicted octanol–water partition coefficient (Wildman–Crippen LogP) is 1.16. The molecular weight excluding hydrogens is 321 g/mol. The van der Waals surface area contributed by atoms with Gasteiger partial charge in [-0.15, -0.1) is 10.2 Å². The molecule has 25 heavy (non-hydrogen) atoms. The van der Waals surface area contributed by atoms with Gasteiger partial charge < -0.3 is 19.7 Å². The van der Waals surface area contributed by atoms with Gasteiger partial charge in [0.1, 0.15) is 11.6 Å². The van der Waals surface area contributed by atoms with Gasteiger partial charge in [0.05, 0.1) is 12.2 Å². The van der Waals surface area contributed by atoms with Gasteiger partial charge in [0.25, 0.3) is 0 Å². The highest BCUT2D eigenvalue weighted by molar-refractivity contribution is 5.80. The summed E-state index contributed by atoms with van der Waals surface area (Å²) in [5.41, 5.74) is 0.666. The number of anilines is 1. The van der Waals surface area contributed by atoms with Crippen molar-refractivity contribution in [2.45, 2.75) is 13.5 Å². The molecule has 8 heteroatoms. The van der Waals surface area contributed by atoms with Crippen LogP contribution in [0.1, 0.15) is 11.6 Å². The number of aromatic nitrogens is 3. The lowest BCUT2D eigenvalue weighted by Gasteiger charge is -2.37. The number of piperazine rings is 1. The van der Waals surface area contributed by atoms with Gasteiger partial charge in [0, 0.05) is 40.3 Å². The highest BCUT2D eigenvalue weighted by Gasteiger charge is 2.21. The molecule has 1 fully saturated rings. The van der Waals surface area contributed by atoms with Crippen LogP contribution in [0.25, 0.3) is 0 Å². The fourth-order valence-corrected chi connectivity index (χ4v) is 2.96. The summed E-state index contributed by atoms with van der Waals surface area (Å²) in [6.45, 7) is 5.57. The van der Waals surface area contributed by atoms with Gasteiger partial charge in [-0.25, -0.2) is 4.39 Å². The molecule has 1 aromatic heterocycles. The minimum Gasteiger partial charge on any atom is -0.366 e. The Morgan fingerprint density at radius 1 is 1.20 bits per heavy atom. The molecule has 3 rings (SSSR count). The molecule has 0 spiro atoms. The van der Waals surface area contributed by atoms with E-state index in [1.165, 1.54) is 6.07 Å². The van der Waals surface area contributed by atoms with Crippen LogP contribution in [0.3, 0.4) is 0 Å². The average Bonchev–Trinajstić information content (AvgIpc) is 2.95. The van der Waals surface area contributed by atoms with Crippen LogP contribution in [0, 0.1) is 12.7 Å². The lowest BCUT2D eigenvalue weighted by Crippen LogP contribution is -2.52. The Hall–Kier alpha value is -2.64. The standard InChI is InChI=1S/C17H24FN7/c1-13-21-22-16(23(13)3)12-20-17(19-2)25-10-8-24(9-11-25)15-7-5-4-6-14(15)18/h4-7H,8-12H2,1-3H3,(H,19,20). The Morgan fingerprint density at radius 2 is 1.92 bits per heavy atom. The van der Waals surface area contributed by atoms with Gasteiger partial charge in [-0.1, -0.05) is 12.1 Å². The molecule has 134 valence electrons. The summed E-state index contributed by atoms with van der Waals surface area (Å²) in [4.78, 5) is 8.62. The van der Waals surface area contributed by atoms with Crippen LogP contribution in [0.15, 0.2) is 29.3 Å². The summed E-state index contributed by atoms with van der Waals surface area (Å²) in [5, 5.41) is 11.6. The maximum absolute atomic E-state index is 13.9. The number of aliphatic imine (C=N–C) groups is 1. The number of benzene rings is 1. The SMILES string of the molecule is CN=C(NCc1nnc(C)n1C)N1CCN(c2ccccc2F)CC1. The van der Waals surface area contributed by atoms with Crippen molar-refractivity contribution in [1.82, 2.24) is 25.0 Å². The molecule has 2 aromatic rings. The summed E-state index contributed by atoms with van der Waals surface area (Å²) >= 11 is 0. The first-order valence-electron chi connectivity index (χ1n) is 8.40. The quantitative estimate of drug-likeness (QED) is 0.668. The number of para-hydroxylation sites is 1. The number of hydrogen-bond donors (Lipinski definition) is 1. The van der Waals surface area contributed by atoms with E-state index in [0.717, 1.165) is 43.8 Å². The Balaban J connectivity index is 1.57. The molecule has 0 aliphatic carbocycles. The lowest BCUT2D eigenvalue weighted by molar-refractivity contribution is 0.370. The zero-order valence-electron chi connectivity index (χ0n) is 14.9. The monoisotopic (exact) mass is 345 g/mol. The Bertz CT molecular complexity index is 747. The number of rotatable bonds is 3. The molecule has 0 atom stereocenters. The van der Waals surface area contributed by atoms with E-state index in [4.69, 9.17) is 0 Å². The van der Waals surface area contributed by atoms with Gasteiger partial charge in [0.2, 0.25) is 0 Å². The second-order valence-electron chi connectivity index (χ2n) is 6.05. The second-order valence-corrected chi connectivity index (χ2v) is 6.05. The molecule has 0 unspecified atom stereocenters. The van der Waals surface area contributed by atoms with Crippen molar-refractivity contribution in [2.75, 3.05) is 38.1 Å². The van der Waals surface area contributed by atoms with Gasteiger partial charge in [-0.05, 0) is 19.1 Å². The zero-order valence-corrected chi connectivity index (χ0v) is 14.9. The first-order valence-corrected chi connectivity index (χ1v) is 8.40. The number of nitrogens with zero attached hydrogens (tertiary/aromatic N) is 6. The van der Waals surface area contributed by atoms with E-state index in [1.54, 1.807) is 13.1 Å². The lowest BCUT2D eigenvalue weighted by atomic mass is 10.2. The minimum absolute atomic E-state index is 0.170. The third kappa shape index (κ3) is 3.72. The topological polar surface area (TPSA) is 61.6 Å². The number of guanidine groups is 1. The largest absolute Gasteiger partial charge is 0.366 e. The van der Waals surface area contributed by atoms with E-state index in [9.17, 15) is 4.39 Å². The van der Waals surface area contributed by atoms with Gasteiger partial charge in [0.15, 0.2) is 11.8 Å². The number of nitrogens with one attached hydrogen (secondary N) is 1. The molecule has 1 saturated heterocycles. The summed E-state index contributed by atoms with van der Waals surface area (Å²) in [5.74, 6) is 2.40. The Kier molecular flexibility index (Phi) is 5.16. The number of halogens is 1. The summed E-state index contributed by atoms with van der Waals surface area (Å²) < 4.78 is 15.9. The van der Waals surface area contributed by atoms with Gasteiger partial charge in [-0.2, -0.15) is 0 Å². The van der Waals surface area contributed by atoms with Crippen molar-refractivity contribution in [3.8, 4) is 0 Å². The molecule has 0 saturated carbocycles. The van der Waals surface area contributed by atoms with Gasteiger partial charge in [-0.3, -0.25) is 4.99 Å².